The molecule has 1 N–H and O–H groups in total. The lowest BCUT2D eigenvalue weighted by molar-refractivity contribution is 0.0921. The molecule has 1 atom stereocenters. The molecule has 0 spiro atoms. The summed E-state index contributed by atoms with van der Waals surface area (Å²) in [5, 5.41) is 11.1. The van der Waals surface area contributed by atoms with Gasteiger partial charge in [0, 0.05) is 19.0 Å². The molecule has 3 rings (SSSR count). The quantitative estimate of drug-likeness (QED) is 0.856. The molecule has 0 fully saturated rings. The van der Waals surface area contributed by atoms with Crippen LogP contribution in [0.25, 0.3) is 0 Å². The van der Waals surface area contributed by atoms with Crippen molar-refractivity contribution in [3.8, 4) is 0 Å². The van der Waals surface area contributed by atoms with Gasteiger partial charge in [-0.25, -0.2) is 4.98 Å². The maximum absolute atomic E-state index is 12.1. The van der Waals surface area contributed by atoms with E-state index in [-0.39, 0.29) is 11.9 Å². The van der Waals surface area contributed by atoms with Crippen molar-refractivity contribution in [1.29, 1.82) is 0 Å². The van der Waals surface area contributed by atoms with E-state index in [0.29, 0.717) is 18.0 Å². The largest absolute Gasteiger partial charge is 0.448 e. The number of amides is 1. The van der Waals surface area contributed by atoms with Crippen LogP contribution in [-0.2, 0) is 13.0 Å². The van der Waals surface area contributed by atoms with Gasteiger partial charge in [0.2, 0.25) is 0 Å². The van der Waals surface area contributed by atoms with Gasteiger partial charge in [0.25, 0.3) is 5.91 Å². The summed E-state index contributed by atoms with van der Waals surface area (Å²) < 4.78 is 7.09. The Morgan fingerprint density at radius 2 is 2.32 bits per heavy atom. The Morgan fingerprint density at radius 1 is 1.47 bits per heavy atom. The van der Waals surface area contributed by atoms with E-state index in [1.54, 1.807) is 6.92 Å². The lowest BCUT2D eigenvalue weighted by atomic mass is 10.1. The summed E-state index contributed by atoms with van der Waals surface area (Å²) >= 11 is 0. The Balaban J connectivity index is 1.71. The molecule has 0 unspecified atom stereocenters. The summed E-state index contributed by atoms with van der Waals surface area (Å²) in [7, 11) is 0. The number of carbonyl (C=O) groups excluding carboxylic acids is 1. The van der Waals surface area contributed by atoms with E-state index >= 15 is 0 Å². The second-order valence-corrected chi connectivity index (χ2v) is 4.74. The van der Waals surface area contributed by atoms with Gasteiger partial charge in [-0.3, -0.25) is 4.79 Å². The first-order valence-electron chi connectivity index (χ1n) is 6.25. The SMILES string of the molecule is Cc1ocnc1C(=O)N[C@H]1CCc2nnc(C)n2C1. The van der Waals surface area contributed by atoms with Gasteiger partial charge in [-0.05, 0) is 20.3 Å². The summed E-state index contributed by atoms with van der Waals surface area (Å²) in [5.41, 5.74) is 0.353. The van der Waals surface area contributed by atoms with Crippen LogP contribution in [0.3, 0.4) is 0 Å². The zero-order valence-corrected chi connectivity index (χ0v) is 10.9. The number of hydrogen-bond donors (Lipinski definition) is 1. The lowest BCUT2D eigenvalue weighted by Gasteiger charge is -2.24. The van der Waals surface area contributed by atoms with E-state index in [2.05, 4.69) is 20.5 Å². The summed E-state index contributed by atoms with van der Waals surface area (Å²) in [6.07, 6.45) is 2.97. The third-order valence-corrected chi connectivity index (χ3v) is 3.43. The molecule has 0 saturated heterocycles. The summed E-state index contributed by atoms with van der Waals surface area (Å²) in [6, 6.07) is 0.0748. The molecule has 3 heterocycles. The fraction of sp³-hybridized carbons (Fsp3) is 0.500. The number of nitrogens with one attached hydrogen (secondary N) is 1. The molecule has 0 aliphatic carbocycles. The highest BCUT2D eigenvalue weighted by Gasteiger charge is 2.24. The molecule has 19 heavy (non-hydrogen) atoms. The first kappa shape index (κ1) is 11.9. The van der Waals surface area contributed by atoms with Gasteiger partial charge >= 0.3 is 0 Å². The van der Waals surface area contributed by atoms with Gasteiger partial charge in [-0.15, -0.1) is 10.2 Å². The van der Waals surface area contributed by atoms with Crippen LogP contribution in [0.2, 0.25) is 0 Å². The van der Waals surface area contributed by atoms with E-state index in [1.165, 1.54) is 6.39 Å². The third kappa shape index (κ3) is 2.11. The van der Waals surface area contributed by atoms with Gasteiger partial charge in [0.05, 0.1) is 0 Å². The number of nitrogens with zero attached hydrogens (tertiary/aromatic N) is 4. The Hall–Kier alpha value is -2.18. The Morgan fingerprint density at radius 3 is 3.05 bits per heavy atom. The smallest absolute Gasteiger partial charge is 0.273 e. The number of oxazole rings is 1. The van der Waals surface area contributed by atoms with Crippen molar-refractivity contribution in [1.82, 2.24) is 25.1 Å². The van der Waals surface area contributed by atoms with Crippen molar-refractivity contribution in [3.63, 3.8) is 0 Å². The minimum Gasteiger partial charge on any atom is -0.448 e. The molecule has 0 radical (unpaired) electrons. The first-order chi connectivity index (χ1) is 9.15. The Kier molecular flexibility index (Phi) is 2.81. The zero-order valence-electron chi connectivity index (χ0n) is 10.9. The minimum absolute atomic E-state index is 0.0748. The van der Waals surface area contributed by atoms with Crippen LogP contribution in [0.15, 0.2) is 10.8 Å². The second-order valence-electron chi connectivity index (χ2n) is 4.74. The third-order valence-electron chi connectivity index (χ3n) is 3.43. The monoisotopic (exact) mass is 261 g/mol. The van der Waals surface area contributed by atoms with E-state index in [0.717, 1.165) is 24.5 Å². The second kappa shape index (κ2) is 4.49. The van der Waals surface area contributed by atoms with Crippen molar-refractivity contribution in [2.24, 2.45) is 0 Å². The number of aromatic nitrogens is 4. The van der Waals surface area contributed by atoms with E-state index in [1.807, 2.05) is 11.5 Å². The molecule has 1 aliphatic heterocycles. The maximum atomic E-state index is 12.1. The fourth-order valence-corrected chi connectivity index (χ4v) is 2.36. The summed E-state index contributed by atoms with van der Waals surface area (Å²) in [4.78, 5) is 16.0. The summed E-state index contributed by atoms with van der Waals surface area (Å²) in [6.45, 7) is 4.35. The van der Waals surface area contributed by atoms with Crippen molar-refractivity contribution in [3.05, 3.63) is 29.5 Å². The predicted octanol–water partition coefficient (Wildman–Crippen LogP) is 0.628. The molecule has 2 aromatic rings. The minimum atomic E-state index is -0.189. The van der Waals surface area contributed by atoms with Crippen molar-refractivity contribution in [2.45, 2.75) is 39.3 Å². The number of fused-ring (bicyclic) bond motifs is 1. The van der Waals surface area contributed by atoms with E-state index < -0.39 is 0 Å². The number of carbonyl (C=O) groups is 1. The zero-order chi connectivity index (χ0) is 13.4. The maximum Gasteiger partial charge on any atom is 0.273 e. The van der Waals surface area contributed by atoms with Gasteiger partial charge < -0.3 is 14.3 Å². The highest BCUT2D eigenvalue weighted by molar-refractivity contribution is 5.93. The van der Waals surface area contributed by atoms with E-state index in [9.17, 15) is 4.79 Å². The topological polar surface area (TPSA) is 85.8 Å². The Labute approximate surface area is 110 Å². The van der Waals surface area contributed by atoms with Crippen molar-refractivity contribution >= 4 is 5.91 Å². The first-order valence-corrected chi connectivity index (χ1v) is 6.25. The molecule has 100 valence electrons. The number of hydrogen-bond acceptors (Lipinski definition) is 5. The molecular weight excluding hydrogens is 246 g/mol. The Bertz CT molecular complexity index is 615. The van der Waals surface area contributed by atoms with Crippen molar-refractivity contribution < 1.29 is 9.21 Å². The van der Waals surface area contributed by atoms with Crippen LogP contribution in [0.4, 0.5) is 0 Å². The van der Waals surface area contributed by atoms with Crippen LogP contribution in [-0.4, -0.2) is 31.7 Å². The van der Waals surface area contributed by atoms with E-state index in [4.69, 9.17) is 4.42 Å². The number of aryl methyl sites for hydroxylation is 3. The molecular formula is C12H15N5O2. The van der Waals surface area contributed by atoms with Gasteiger partial charge in [-0.2, -0.15) is 0 Å². The average molecular weight is 261 g/mol. The molecule has 7 nitrogen and oxygen atoms in total. The van der Waals surface area contributed by atoms with Crippen LogP contribution in [0.5, 0.6) is 0 Å². The number of rotatable bonds is 2. The standard InChI is InChI=1S/C12H15N5O2/c1-7-11(13-6-19-7)12(18)14-9-3-4-10-16-15-8(2)17(10)5-9/h6,9H,3-5H2,1-2H3,(H,14,18)/t9-/m0/s1. The molecule has 0 bridgehead atoms. The fourth-order valence-electron chi connectivity index (χ4n) is 2.36. The van der Waals surface area contributed by atoms with Crippen LogP contribution in [0.1, 0.15) is 34.3 Å². The predicted molar refractivity (Wildman–Crippen MR) is 65.6 cm³/mol. The molecule has 0 aromatic carbocycles. The summed E-state index contributed by atoms with van der Waals surface area (Å²) in [5.74, 6) is 2.21. The van der Waals surface area contributed by atoms with Gasteiger partial charge in [0.15, 0.2) is 12.1 Å². The molecule has 2 aromatic heterocycles. The van der Waals surface area contributed by atoms with Crippen LogP contribution >= 0.6 is 0 Å². The molecule has 1 aliphatic rings. The normalized spacial score (nSPS) is 18.1. The van der Waals surface area contributed by atoms with Crippen LogP contribution < -0.4 is 5.32 Å². The van der Waals surface area contributed by atoms with Crippen LogP contribution in [0, 0.1) is 13.8 Å². The average Bonchev–Trinajstić information content (AvgIpc) is 2.97. The van der Waals surface area contributed by atoms with Crippen molar-refractivity contribution in [2.75, 3.05) is 0 Å². The highest BCUT2D eigenvalue weighted by atomic mass is 16.3. The molecule has 1 amide bonds. The lowest BCUT2D eigenvalue weighted by Crippen LogP contribution is -2.41. The molecule has 7 heteroatoms. The van der Waals surface area contributed by atoms with Gasteiger partial charge in [-0.1, -0.05) is 0 Å². The van der Waals surface area contributed by atoms with Gasteiger partial charge in [0.1, 0.15) is 17.4 Å². The molecule has 0 saturated carbocycles. The highest BCUT2D eigenvalue weighted by Crippen LogP contribution is 2.15.